The maximum Gasteiger partial charge on any atom is -0.0157 e. The fourth-order valence-corrected chi connectivity index (χ4v) is 2.85. The molecule has 1 aliphatic rings. The molecule has 1 aliphatic carbocycles. The predicted molar refractivity (Wildman–Crippen MR) is 64.3 cm³/mol. The molecule has 1 unspecified atom stereocenters. The van der Waals surface area contributed by atoms with E-state index in [2.05, 4.69) is 39.8 Å². The molecule has 0 aromatic heterocycles. The zero-order chi connectivity index (χ0) is 10.6. The van der Waals surface area contributed by atoms with Crippen LogP contribution in [0.3, 0.4) is 0 Å². The fraction of sp³-hybridized carbons (Fsp3) is 0.857. The van der Waals surface area contributed by atoms with Crippen molar-refractivity contribution in [3.8, 4) is 0 Å². The highest BCUT2D eigenvalue weighted by Gasteiger charge is 2.30. The van der Waals surface area contributed by atoms with E-state index < -0.39 is 0 Å². The molecule has 0 amide bonds. The Morgan fingerprint density at radius 3 is 2.07 bits per heavy atom. The molecule has 14 heavy (non-hydrogen) atoms. The monoisotopic (exact) mass is 194 g/mol. The van der Waals surface area contributed by atoms with Crippen molar-refractivity contribution in [3.05, 3.63) is 12.2 Å². The Kier molecular flexibility index (Phi) is 4.22. The molecule has 0 saturated heterocycles. The summed E-state index contributed by atoms with van der Waals surface area (Å²) in [5, 5.41) is 0. The Bertz CT molecular complexity index is 177. The number of rotatable bonds is 2. The molecular weight excluding hydrogens is 168 g/mol. The van der Waals surface area contributed by atoms with Crippen LogP contribution in [-0.2, 0) is 0 Å². The molecule has 0 aromatic carbocycles. The molecule has 0 heteroatoms. The molecule has 0 radical (unpaired) electrons. The van der Waals surface area contributed by atoms with Crippen molar-refractivity contribution in [2.24, 2.45) is 17.3 Å². The van der Waals surface area contributed by atoms with Crippen molar-refractivity contribution in [1.82, 2.24) is 0 Å². The van der Waals surface area contributed by atoms with Gasteiger partial charge in [0, 0.05) is 0 Å². The molecule has 0 bridgehead atoms. The van der Waals surface area contributed by atoms with Crippen LogP contribution >= 0.6 is 0 Å². The van der Waals surface area contributed by atoms with Crippen LogP contribution < -0.4 is 0 Å². The summed E-state index contributed by atoms with van der Waals surface area (Å²) in [4.78, 5) is 0. The second-order valence-electron chi connectivity index (χ2n) is 5.82. The normalized spacial score (nSPS) is 22.9. The summed E-state index contributed by atoms with van der Waals surface area (Å²) in [6.45, 7) is 9.30. The smallest absolute Gasteiger partial charge is 0.0157 e. The SMILES string of the molecule is C/C=C/C(C1CCCCC1)C(C)(C)C. The molecule has 82 valence electrons. The minimum absolute atomic E-state index is 0.439. The average molecular weight is 194 g/mol. The second-order valence-corrected chi connectivity index (χ2v) is 5.82. The molecule has 0 N–H and O–H groups in total. The number of allylic oxidation sites excluding steroid dienone is 2. The largest absolute Gasteiger partial charge is 0.0914 e. The highest BCUT2D eigenvalue weighted by Crippen LogP contribution is 2.40. The van der Waals surface area contributed by atoms with Gasteiger partial charge in [0.15, 0.2) is 0 Å². The van der Waals surface area contributed by atoms with E-state index in [1.807, 2.05) is 0 Å². The number of hydrogen-bond donors (Lipinski definition) is 0. The third-order valence-electron chi connectivity index (χ3n) is 3.56. The van der Waals surface area contributed by atoms with Crippen molar-refractivity contribution in [3.63, 3.8) is 0 Å². The molecule has 0 aliphatic heterocycles. The number of hydrogen-bond acceptors (Lipinski definition) is 0. The van der Waals surface area contributed by atoms with Crippen molar-refractivity contribution in [2.75, 3.05) is 0 Å². The third-order valence-corrected chi connectivity index (χ3v) is 3.56. The molecule has 1 saturated carbocycles. The van der Waals surface area contributed by atoms with Crippen molar-refractivity contribution in [2.45, 2.75) is 59.8 Å². The zero-order valence-corrected chi connectivity index (χ0v) is 10.3. The lowest BCUT2D eigenvalue weighted by atomic mass is 9.68. The average Bonchev–Trinajstić information content (AvgIpc) is 2.14. The fourth-order valence-electron chi connectivity index (χ4n) is 2.85. The standard InChI is InChI=1S/C14H26/c1-5-9-13(14(2,3)4)12-10-7-6-8-11-12/h5,9,12-13H,6-8,10-11H2,1-4H3/b9-5+. The molecular formula is C14H26. The van der Waals surface area contributed by atoms with Crippen LogP contribution in [-0.4, -0.2) is 0 Å². The van der Waals surface area contributed by atoms with Crippen molar-refractivity contribution < 1.29 is 0 Å². The van der Waals surface area contributed by atoms with Crippen LogP contribution in [0.4, 0.5) is 0 Å². The van der Waals surface area contributed by atoms with E-state index >= 15 is 0 Å². The van der Waals surface area contributed by atoms with Gasteiger partial charge in [0.25, 0.3) is 0 Å². The molecule has 1 rings (SSSR count). The quantitative estimate of drug-likeness (QED) is 0.554. The third kappa shape index (κ3) is 3.15. The predicted octanol–water partition coefficient (Wildman–Crippen LogP) is 4.81. The zero-order valence-electron chi connectivity index (χ0n) is 10.3. The topological polar surface area (TPSA) is 0 Å². The Labute approximate surface area is 89.8 Å². The van der Waals surface area contributed by atoms with Gasteiger partial charge in [-0.3, -0.25) is 0 Å². The summed E-state index contributed by atoms with van der Waals surface area (Å²) < 4.78 is 0. The van der Waals surface area contributed by atoms with E-state index in [-0.39, 0.29) is 0 Å². The lowest BCUT2D eigenvalue weighted by Crippen LogP contribution is -2.28. The van der Waals surface area contributed by atoms with E-state index in [0.29, 0.717) is 5.41 Å². The maximum absolute atomic E-state index is 2.44. The van der Waals surface area contributed by atoms with Crippen LogP contribution in [0.25, 0.3) is 0 Å². The van der Waals surface area contributed by atoms with E-state index in [0.717, 1.165) is 11.8 Å². The van der Waals surface area contributed by atoms with E-state index in [9.17, 15) is 0 Å². The van der Waals surface area contributed by atoms with Gasteiger partial charge < -0.3 is 0 Å². The van der Waals surface area contributed by atoms with Gasteiger partial charge in [0.1, 0.15) is 0 Å². The molecule has 0 heterocycles. The lowest BCUT2D eigenvalue weighted by Gasteiger charge is -2.37. The molecule has 1 atom stereocenters. The Balaban J connectivity index is 2.66. The van der Waals surface area contributed by atoms with Gasteiger partial charge in [-0.15, -0.1) is 0 Å². The van der Waals surface area contributed by atoms with Crippen LogP contribution in [0.2, 0.25) is 0 Å². The van der Waals surface area contributed by atoms with Crippen LogP contribution in [0.5, 0.6) is 0 Å². The summed E-state index contributed by atoms with van der Waals surface area (Å²) in [7, 11) is 0. The Hall–Kier alpha value is -0.260. The van der Waals surface area contributed by atoms with Crippen LogP contribution in [0.1, 0.15) is 59.8 Å². The van der Waals surface area contributed by atoms with Gasteiger partial charge in [-0.2, -0.15) is 0 Å². The first-order chi connectivity index (χ1) is 6.55. The highest BCUT2D eigenvalue weighted by atomic mass is 14.4. The summed E-state index contributed by atoms with van der Waals surface area (Å²) in [6, 6.07) is 0. The van der Waals surface area contributed by atoms with Gasteiger partial charge in [-0.1, -0.05) is 52.2 Å². The Morgan fingerprint density at radius 1 is 1.07 bits per heavy atom. The lowest BCUT2D eigenvalue weighted by molar-refractivity contribution is 0.166. The highest BCUT2D eigenvalue weighted by molar-refractivity contribution is 4.96. The van der Waals surface area contributed by atoms with Crippen LogP contribution in [0, 0.1) is 17.3 Å². The molecule has 0 nitrogen and oxygen atoms in total. The summed E-state index contributed by atoms with van der Waals surface area (Å²) >= 11 is 0. The maximum atomic E-state index is 2.44. The van der Waals surface area contributed by atoms with E-state index in [1.165, 1.54) is 32.1 Å². The first kappa shape index (κ1) is 11.8. The minimum atomic E-state index is 0.439. The first-order valence-corrected chi connectivity index (χ1v) is 6.18. The summed E-state index contributed by atoms with van der Waals surface area (Å²) in [5.74, 6) is 1.73. The van der Waals surface area contributed by atoms with Gasteiger partial charge >= 0.3 is 0 Å². The van der Waals surface area contributed by atoms with E-state index in [4.69, 9.17) is 0 Å². The summed E-state index contributed by atoms with van der Waals surface area (Å²) in [5.41, 5.74) is 0.439. The minimum Gasteiger partial charge on any atom is -0.0914 e. The Morgan fingerprint density at radius 2 is 1.64 bits per heavy atom. The molecule has 0 spiro atoms. The van der Waals surface area contributed by atoms with Crippen molar-refractivity contribution >= 4 is 0 Å². The van der Waals surface area contributed by atoms with Gasteiger partial charge in [0.2, 0.25) is 0 Å². The van der Waals surface area contributed by atoms with Gasteiger partial charge in [-0.05, 0) is 37.0 Å². The molecule has 0 aromatic rings. The van der Waals surface area contributed by atoms with Crippen molar-refractivity contribution in [1.29, 1.82) is 0 Å². The van der Waals surface area contributed by atoms with Gasteiger partial charge in [0.05, 0.1) is 0 Å². The summed E-state index contributed by atoms with van der Waals surface area (Å²) in [6.07, 6.45) is 12.0. The first-order valence-electron chi connectivity index (χ1n) is 6.18. The second kappa shape index (κ2) is 5.00. The van der Waals surface area contributed by atoms with E-state index in [1.54, 1.807) is 0 Å². The van der Waals surface area contributed by atoms with Crippen LogP contribution in [0.15, 0.2) is 12.2 Å². The van der Waals surface area contributed by atoms with Gasteiger partial charge in [-0.25, -0.2) is 0 Å². The molecule has 1 fully saturated rings.